The minimum atomic E-state index is -0.714. The van der Waals surface area contributed by atoms with Crippen LogP contribution in [0, 0.1) is 6.92 Å². The third-order valence-corrected chi connectivity index (χ3v) is 6.07. The second-order valence-electron chi connectivity index (χ2n) is 8.66. The molecule has 3 N–H and O–H groups in total. The molecule has 2 aromatic heterocycles. The summed E-state index contributed by atoms with van der Waals surface area (Å²) in [6.07, 6.45) is 3.05. The monoisotopic (exact) mass is 491 g/mol. The van der Waals surface area contributed by atoms with Crippen LogP contribution in [0.25, 0.3) is 0 Å². The zero-order valence-electron chi connectivity index (χ0n) is 19.6. The van der Waals surface area contributed by atoms with Gasteiger partial charge in [0.25, 0.3) is 5.91 Å². The van der Waals surface area contributed by atoms with Crippen LogP contribution in [-0.4, -0.2) is 86.5 Å². The Hall–Kier alpha value is -2.70. The molecule has 4 rings (SSSR count). The molecule has 2 amide bonds. The summed E-state index contributed by atoms with van der Waals surface area (Å²) in [6.45, 7) is 6.79. The van der Waals surface area contributed by atoms with Gasteiger partial charge in [0.2, 0.25) is 5.91 Å². The molecule has 11 nitrogen and oxygen atoms in total. The standard InChI is InChI=1S/C22H31N7O4.H2S/c1-14-26-19-12-28(6-5-20(19)33-14)11-17(31)10-23-22(32)18-9-21(25-13-24-18)27-16-3-7-29(8-4-16)15(2)30;/h9,13,16-17,31H,3-8,10-12H2,1-2H3,(H,23,32)(H,24,25,27);1H2/t17-;/m0./s1. The van der Waals surface area contributed by atoms with Crippen molar-refractivity contribution in [1.29, 1.82) is 0 Å². The van der Waals surface area contributed by atoms with Gasteiger partial charge in [0.1, 0.15) is 23.6 Å². The molecule has 34 heavy (non-hydrogen) atoms. The van der Waals surface area contributed by atoms with E-state index in [-0.39, 0.29) is 43.6 Å². The number of piperidine rings is 1. The molecule has 0 aliphatic carbocycles. The van der Waals surface area contributed by atoms with Crippen molar-refractivity contribution in [2.24, 2.45) is 0 Å². The van der Waals surface area contributed by atoms with Crippen LogP contribution in [0.4, 0.5) is 5.82 Å². The van der Waals surface area contributed by atoms with E-state index in [1.165, 1.54) is 6.33 Å². The minimum absolute atomic E-state index is 0. The second-order valence-corrected chi connectivity index (χ2v) is 8.66. The maximum absolute atomic E-state index is 12.5. The summed E-state index contributed by atoms with van der Waals surface area (Å²) in [5, 5.41) is 16.5. The van der Waals surface area contributed by atoms with E-state index in [0.29, 0.717) is 37.9 Å². The van der Waals surface area contributed by atoms with Gasteiger partial charge in [-0.25, -0.2) is 15.0 Å². The summed E-state index contributed by atoms with van der Waals surface area (Å²) < 4.78 is 5.57. The Morgan fingerprint density at radius 3 is 2.76 bits per heavy atom. The number of likely N-dealkylation sites (tertiary alicyclic amines) is 1. The number of anilines is 1. The van der Waals surface area contributed by atoms with Gasteiger partial charge < -0.3 is 25.1 Å². The normalized spacial score (nSPS) is 17.4. The first-order chi connectivity index (χ1) is 15.9. The number of aliphatic hydroxyl groups is 1. The van der Waals surface area contributed by atoms with E-state index in [0.717, 1.165) is 37.3 Å². The topological polar surface area (TPSA) is 137 Å². The predicted molar refractivity (Wildman–Crippen MR) is 130 cm³/mol. The van der Waals surface area contributed by atoms with E-state index in [9.17, 15) is 14.7 Å². The van der Waals surface area contributed by atoms with E-state index >= 15 is 0 Å². The smallest absolute Gasteiger partial charge is 0.270 e. The Kier molecular flexibility index (Phi) is 8.86. The van der Waals surface area contributed by atoms with Crippen molar-refractivity contribution in [2.75, 3.05) is 38.0 Å². The number of nitrogens with one attached hydrogen (secondary N) is 2. The highest BCUT2D eigenvalue weighted by Crippen LogP contribution is 2.19. The number of amides is 2. The summed E-state index contributed by atoms with van der Waals surface area (Å²) in [7, 11) is 0. The maximum atomic E-state index is 12.5. The highest BCUT2D eigenvalue weighted by Gasteiger charge is 2.24. The molecule has 4 heterocycles. The molecule has 2 aliphatic heterocycles. The van der Waals surface area contributed by atoms with Crippen LogP contribution in [0.2, 0.25) is 0 Å². The lowest BCUT2D eigenvalue weighted by atomic mass is 10.1. The Morgan fingerprint density at radius 1 is 1.26 bits per heavy atom. The van der Waals surface area contributed by atoms with Gasteiger partial charge in [-0.05, 0) is 12.8 Å². The molecule has 0 unspecified atom stereocenters. The fourth-order valence-electron chi connectivity index (χ4n) is 4.31. The van der Waals surface area contributed by atoms with Crippen molar-refractivity contribution < 1.29 is 19.1 Å². The first kappa shape index (κ1) is 25.9. The molecule has 2 aliphatic rings. The van der Waals surface area contributed by atoms with Crippen LogP contribution in [0.15, 0.2) is 16.8 Å². The quantitative estimate of drug-likeness (QED) is 0.504. The number of nitrogens with zero attached hydrogens (tertiary/aromatic N) is 5. The summed E-state index contributed by atoms with van der Waals surface area (Å²) in [5.41, 5.74) is 1.16. The van der Waals surface area contributed by atoms with Gasteiger partial charge in [0, 0.05) is 71.6 Å². The molecule has 0 saturated carbocycles. The van der Waals surface area contributed by atoms with Gasteiger partial charge in [-0.15, -0.1) is 0 Å². The molecule has 12 heteroatoms. The number of carbonyl (C=O) groups is 2. The Bertz CT molecular complexity index is 993. The Balaban J connectivity index is 0.00000324. The van der Waals surface area contributed by atoms with Gasteiger partial charge in [-0.1, -0.05) is 0 Å². The Labute approximate surface area is 205 Å². The van der Waals surface area contributed by atoms with Crippen LogP contribution in [-0.2, 0) is 17.8 Å². The van der Waals surface area contributed by atoms with Crippen LogP contribution < -0.4 is 10.6 Å². The number of rotatable bonds is 7. The van der Waals surface area contributed by atoms with Gasteiger partial charge in [-0.2, -0.15) is 13.5 Å². The zero-order valence-corrected chi connectivity index (χ0v) is 20.6. The summed E-state index contributed by atoms with van der Waals surface area (Å²) in [6, 6.07) is 1.80. The molecule has 0 radical (unpaired) electrons. The second kappa shape index (κ2) is 11.6. The number of oxazole rings is 1. The first-order valence-electron chi connectivity index (χ1n) is 11.3. The minimum Gasteiger partial charge on any atom is -0.446 e. The number of carbonyl (C=O) groups excluding carboxylic acids is 2. The fraction of sp³-hybridized carbons (Fsp3) is 0.591. The third kappa shape index (κ3) is 6.67. The zero-order chi connectivity index (χ0) is 23.4. The van der Waals surface area contributed by atoms with E-state index in [4.69, 9.17) is 4.42 Å². The van der Waals surface area contributed by atoms with Crippen molar-refractivity contribution >= 4 is 31.1 Å². The molecule has 1 atom stereocenters. The highest BCUT2D eigenvalue weighted by atomic mass is 32.1. The van der Waals surface area contributed by atoms with Gasteiger partial charge >= 0.3 is 0 Å². The van der Waals surface area contributed by atoms with E-state index in [2.05, 4.69) is 30.5 Å². The Morgan fingerprint density at radius 2 is 2.03 bits per heavy atom. The molecule has 0 spiro atoms. The summed E-state index contributed by atoms with van der Waals surface area (Å²) in [4.78, 5) is 40.6. The molecule has 0 aromatic carbocycles. The third-order valence-electron chi connectivity index (χ3n) is 6.07. The lowest BCUT2D eigenvalue weighted by Crippen LogP contribution is -2.42. The number of aliphatic hydroxyl groups excluding tert-OH is 1. The summed E-state index contributed by atoms with van der Waals surface area (Å²) >= 11 is 0. The lowest BCUT2D eigenvalue weighted by Gasteiger charge is -2.31. The summed E-state index contributed by atoms with van der Waals surface area (Å²) in [5.74, 6) is 1.89. The van der Waals surface area contributed by atoms with Crippen molar-refractivity contribution in [3.8, 4) is 0 Å². The van der Waals surface area contributed by atoms with Crippen LogP contribution in [0.3, 0.4) is 0 Å². The van der Waals surface area contributed by atoms with Gasteiger partial charge in [-0.3, -0.25) is 14.5 Å². The molecular weight excluding hydrogens is 458 g/mol. The number of aryl methyl sites for hydroxylation is 1. The van der Waals surface area contributed by atoms with Crippen molar-refractivity contribution in [3.05, 3.63) is 35.4 Å². The SMILES string of the molecule is CC(=O)N1CCC(Nc2cc(C(=O)NC[C@H](O)CN3CCc4oc(C)nc4C3)ncn2)CC1.S. The average molecular weight is 492 g/mol. The number of aromatic nitrogens is 3. The van der Waals surface area contributed by atoms with Crippen molar-refractivity contribution in [3.63, 3.8) is 0 Å². The molecule has 0 bridgehead atoms. The van der Waals surface area contributed by atoms with E-state index in [1.54, 1.807) is 13.0 Å². The first-order valence-corrected chi connectivity index (χ1v) is 11.3. The van der Waals surface area contributed by atoms with Gasteiger partial charge in [0.05, 0.1) is 11.8 Å². The van der Waals surface area contributed by atoms with Crippen molar-refractivity contribution in [2.45, 2.75) is 51.8 Å². The maximum Gasteiger partial charge on any atom is 0.270 e. The number of fused-ring (bicyclic) bond motifs is 1. The molecule has 2 aromatic rings. The molecule has 1 saturated heterocycles. The number of hydrogen-bond donors (Lipinski definition) is 3. The molecule has 1 fully saturated rings. The number of β-amino-alcohol motifs (C(OH)–C–C–N with tert-alkyl or cyclic N) is 1. The van der Waals surface area contributed by atoms with Crippen LogP contribution in [0.5, 0.6) is 0 Å². The molecule has 186 valence electrons. The van der Waals surface area contributed by atoms with Crippen LogP contribution >= 0.6 is 13.5 Å². The fourth-order valence-corrected chi connectivity index (χ4v) is 4.31. The van der Waals surface area contributed by atoms with Gasteiger partial charge in [0.15, 0.2) is 5.89 Å². The van der Waals surface area contributed by atoms with E-state index < -0.39 is 6.10 Å². The predicted octanol–water partition coefficient (Wildman–Crippen LogP) is 0.458. The average Bonchev–Trinajstić information content (AvgIpc) is 3.17. The molecular formula is C22H33N7O4S. The number of hydrogen-bond acceptors (Lipinski definition) is 9. The lowest BCUT2D eigenvalue weighted by molar-refractivity contribution is -0.129. The van der Waals surface area contributed by atoms with Crippen LogP contribution in [0.1, 0.15) is 47.6 Å². The highest BCUT2D eigenvalue weighted by molar-refractivity contribution is 7.59. The van der Waals surface area contributed by atoms with Crippen molar-refractivity contribution in [1.82, 2.24) is 30.1 Å². The largest absolute Gasteiger partial charge is 0.446 e. The van der Waals surface area contributed by atoms with E-state index in [1.807, 2.05) is 11.8 Å².